The SMILES string of the molecule is CCCc1c(O)c(O)c(C(=O)O)c2cc(Cc3ccccc3C)c(C)cc12. The number of carboxylic acids is 1. The van der Waals surface area contributed by atoms with Gasteiger partial charge < -0.3 is 15.3 Å². The average Bonchev–Trinajstić information content (AvgIpc) is 2.62. The Kier molecular flexibility index (Phi) is 5.08. The summed E-state index contributed by atoms with van der Waals surface area (Å²) in [6.07, 6.45) is 2.02. The Labute approximate surface area is 158 Å². The van der Waals surface area contributed by atoms with Crippen molar-refractivity contribution in [3.8, 4) is 11.5 Å². The number of carbonyl (C=O) groups is 1. The Morgan fingerprint density at radius 3 is 2.26 bits per heavy atom. The first-order chi connectivity index (χ1) is 12.8. The van der Waals surface area contributed by atoms with Gasteiger partial charge in [0.25, 0.3) is 0 Å². The highest BCUT2D eigenvalue weighted by Gasteiger charge is 2.23. The normalized spacial score (nSPS) is 11.1. The van der Waals surface area contributed by atoms with Crippen molar-refractivity contribution in [2.75, 3.05) is 0 Å². The largest absolute Gasteiger partial charge is 0.504 e. The highest BCUT2D eigenvalue weighted by Crippen LogP contribution is 2.42. The van der Waals surface area contributed by atoms with Crippen LogP contribution in [0.4, 0.5) is 0 Å². The summed E-state index contributed by atoms with van der Waals surface area (Å²) in [6, 6.07) is 11.9. The number of carboxylic acid groups (broad SMARTS) is 1. The summed E-state index contributed by atoms with van der Waals surface area (Å²) in [5, 5.41) is 31.5. The zero-order chi connectivity index (χ0) is 19.7. The number of hydrogen-bond acceptors (Lipinski definition) is 3. The lowest BCUT2D eigenvalue weighted by Crippen LogP contribution is -2.03. The molecule has 0 unspecified atom stereocenters. The summed E-state index contributed by atoms with van der Waals surface area (Å²) in [4.78, 5) is 11.8. The standard InChI is InChI=1S/C23H24O4/c1-4-7-17-18-10-14(3)16(11-15-9-6-5-8-13(15)2)12-19(18)20(23(26)27)22(25)21(17)24/h5-6,8-10,12,24-25H,4,7,11H2,1-3H3,(H,26,27). The molecule has 0 saturated heterocycles. The first-order valence-corrected chi connectivity index (χ1v) is 9.12. The average molecular weight is 364 g/mol. The predicted octanol–water partition coefficient (Wildman–Crippen LogP) is 5.11. The molecule has 0 radical (unpaired) electrons. The number of rotatable bonds is 5. The first kappa shape index (κ1) is 18.8. The van der Waals surface area contributed by atoms with Gasteiger partial charge in [-0.25, -0.2) is 4.79 Å². The molecule has 0 saturated carbocycles. The van der Waals surface area contributed by atoms with Crippen LogP contribution in [0.15, 0.2) is 36.4 Å². The number of phenols is 2. The van der Waals surface area contributed by atoms with E-state index in [1.807, 2.05) is 38.1 Å². The van der Waals surface area contributed by atoms with Crippen LogP contribution < -0.4 is 0 Å². The van der Waals surface area contributed by atoms with E-state index in [4.69, 9.17) is 0 Å². The van der Waals surface area contributed by atoms with Crippen molar-refractivity contribution in [3.05, 3.63) is 69.8 Å². The van der Waals surface area contributed by atoms with Gasteiger partial charge in [0, 0.05) is 10.9 Å². The number of fused-ring (bicyclic) bond motifs is 1. The second-order valence-corrected chi connectivity index (χ2v) is 7.03. The monoisotopic (exact) mass is 364 g/mol. The maximum Gasteiger partial charge on any atom is 0.340 e. The minimum Gasteiger partial charge on any atom is -0.504 e. The molecule has 0 atom stereocenters. The van der Waals surface area contributed by atoms with E-state index in [0.717, 1.165) is 17.5 Å². The molecule has 3 aromatic carbocycles. The fourth-order valence-corrected chi connectivity index (χ4v) is 3.65. The third kappa shape index (κ3) is 3.35. The fourth-order valence-electron chi connectivity index (χ4n) is 3.65. The lowest BCUT2D eigenvalue weighted by Gasteiger charge is -2.17. The minimum atomic E-state index is -1.25. The van der Waals surface area contributed by atoms with Gasteiger partial charge in [-0.1, -0.05) is 43.7 Å². The van der Waals surface area contributed by atoms with Crippen molar-refractivity contribution in [3.63, 3.8) is 0 Å². The third-order valence-corrected chi connectivity index (χ3v) is 5.17. The molecular weight excluding hydrogens is 340 g/mol. The fraction of sp³-hybridized carbons (Fsp3) is 0.261. The Morgan fingerprint density at radius 1 is 0.926 bits per heavy atom. The number of aromatic hydroxyl groups is 2. The Morgan fingerprint density at radius 2 is 1.63 bits per heavy atom. The molecule has 0 aliphatic heterocycles. The predicted molar refractivity (Wildman–Crippen MR) is 107 cm³/mol. The van der Waals surface area contributed by atoms with Crippen molar-refractivity contribution in [1.29, 1.82) is 0 Å². The molecule has 0 fully saturated rings. The number of aryl methyl sites for hydroxylation is 3. The van der Waals surface area contributed by atoms with Gasteiger partial charge in [-0.15, -0.1) is 0 Å². The van der Waals surface area contributed by atoms with Gasteiger partial charge in [-0.3, -0.25) is 0 Å². The van der Waals surface area contributed by atoms with Crippen LogP contribution in [0.25, 0.3) is 10.8 Å². The van der Waals surface area contributed by atoms with Crippen molar-refractivity contribution in [2.45, 2.75) is 40.0 Å². The molecule has 0 bridgehead atoms. The van der Waals surface area contributed by atoms with E-state index in [0.29, 0.717) is 29.2 Å². The molecule has 0 aliphatic carbocycles. The lowest BCUT2D eigenvalue weighted by molar-refractivity contribution is 0.0695. The van der Waals surface area contributed by atoms with E-state index in [-0.39, 0.29) is 11.3 Å². The molecule has 0 amide bonds. The van der Waals surface area contributed by atoms with Gasteiger partial charge >= 0.3 is 5.97 Å². The molecule has 3 aromatic rings. The van der Waals surface area contributed by atoms with Gasteiger partial charge in [0.15, 0.2) is 11.5 Å². The molecule has 0 aromatic heterocycles. The van der Waals surface area contributed by atoms with Crippen LogP contribution in [-0.2, 0) is 12.8 Å². The van der Waals surface area contributed by atoms with Crippen LogP contribution in [0.5, 0.6) is 11.5 Å². The zero-order valence-electron chi connectivity index (χ0n) is 15.8. The van der Waals surface area contributed by atoms with Crippen LogP contribution in [0, 0.1) is 13.8 Å². The van der Waals surface area contributed by atoms with E-state index in [2.05, 4.69) is 19.1 Å². The molecule has 140 valence electrons. The number of phenolic OH excluding ortho intramolecular Hbond substituents is 1. The summed E-state index contributed by atoms with van der Waals surface area (Å²) in [5.41, 5.74) is 4.74. The molecule has 4 heteroatoms. The summed E-state index contributed by atoms with van der Waals surface area (Å²) in [5.74, 6) is -2.13. The van der Waals surface area contributed by atoms with Crippen molar-refractivity contribution < 1.29 is 20.1 Å². The highest BCUT2D eigenvalue weighted by atomic mass is 16.4. The van der Waals surface area contributed by atoms with Gasteiger partial charge in [0.2, 0.25) is 0 Å². The maximum atomic E-state index is 11.8. The van der Waals surface area contributed by atoms with E-state index >= 15 is 0 Å². The molecule has 4 nitrogen and oxygen atoms in total. The first-order valence-electron chi connectivity index (χ1n) is 9.12. The molecule has 0 aliphatic rings. The van der Waals surface area contributed by atoms with E-state index in [1.165, 1.54) is 11.1 Å². The smallest absolute Gasteiger partial charge is 0.340 e. The second-order valence-electron chi connectivity index (χ2n) is 7.03. The Balaban J connectivity index is 2.29. The van der Waals surface area contributed by atoms with Crippen LogP contribution >= 0.6 is 0 Å². The number of aromatic carboxylic acids is 1. The zero-order valence-corrected chi connectivity index (χ0v) is 15.8. The summed E-state index contributed by atoms with van der Waals surface area (Å²) >= 11 is 0. The Bertz CT molecular complexity index is 1030. The number of hydrogen-bond donors (Lipinski definition) is 3. The minimum absolute atomic E-state index is 0.242. The van der Waals surface area contributed by atoms with E-state index < -0.39 is 11.7 Å². The topological polar surface area (TPSA) is 77.8 Å². The van der Waals surface area contributed by atoms with E-state index in [1.54, 1.807) is 0 Å². The van der Waals surface area contributed by atoms with Crippen LogP contribution in [0.2, 0.25) is 0 Å². The summed E-state index contributed by atoms with van der Waals surface area (Å²) in [7, 11) is 0. The summed E-state index contributed by atoms with van der Waals surface area (Å²) < 4.78 is 0. The second kappa shape index (κ2) is 7.31. The van der Waals surface area contributed by atoms with Gasteiger partial charge in [-0.05, 0) is 60.4 Å². The van der Waals surface area contributed by atoms with Crippen molar-refractivity contribution >= 4 is 16.7 Å². The number of benzene rings is 3. The molecular formula is C23H24O4. The van der Waals surface area contributed by atoms with Crippen LogP contribution in [-0.4, -0.2) is 21.3 Å². The molecule has 0 heterocycles. The van der Waals surface area contributed by atoms with Gasteiger partial charge in [-0.2, -0.15) is 0 Å². The highest BCUT2D eigenvalue weighted by molar-refractivity contribution is 6.09. The summed E-state index contributed by atoms with van der Waals surface area (Å²) in [6.45, 7) is 6.03. The molecule has 3 rings (SSSR count). The van der Waals surface area contributed by atoms with E-state index in [9.17, 15) is 20.1 Å². The lowest BCUT2D eigenvalue weighted by atomic mass is 9.89. The van der Waals surface area contributed by atoms with Crippen LogP contribution in [0.1, 0.15) is 51.5 Å². The Hall–Kier alpha value is -3.01. The molecule has 27 heavy (non-hydrogen) atoms. The van der Waals surface area contributed by atoms with Crippen LogP contribution in [0.3, 0.4) is 0 Å². The quantitative estimate of drug-likeness (QED) is 0.550. The maximum absolute atomic E-state index is 11.8. The van der Waals surface area contributed by atoms with Crippen molar-refractivity contribution in [1.82, 2.24) is 0 Å². The van der Waals surface area contributed by atoms with Gasteiger partial charge in [0.1, 0.15) is 5.56 Å². The molecule has 0 spiro atoms. The third-order valence-electron chi connectivity index (χ3n) is 5.17. The van der Waals surface area contributed by atoms with Crippen molar-refractivity contribution in [2.24, 2.45) is 0 Å². The van der Waals surface area contributed by atoms with Gasteiger partial charge in [0.05, 0.1) is 0 Å². The molecule has 3 N–H and O–H groups in total.